The topological polar surface area (TPSA) is 73.0 Å². The van der Waals surface area contributed by atoms with E-state index in [0.717, 1.165) is 18.8 Å². The van der Waals surface area contributed by atoms with Crippen molar-refractivity contribution in [2.45, 2.75) is 32.7 Å². The molecule has 28 heavy (non-hydrogen) atoms. The highest BCUT2D eigenvalue weighted by atomic mass is 16.1. The summed E-state index contributed by atoms with van der Waals surface area (Å²) in [4.78, 5) is 31.5. The molecule has 4 rings (SSSR count). The maximum absolute atomic E-state index is 12.6. The van der Waals surface area contributed by atoms with Crippen LogP contribution in [0, 0.1) is 5.92 Å². The van der Waals surface area contributed by atoms with Crippen LogP contribution in [0.5, 0.6) is 0 Å². The van der Waals surface area contributed by atoms with Gasteiger partial charge in [0.25, 0.3) is 11.1 Å². The third-order valence-corrected chi connectivity index (χ3v) is 5.27. The second-order valence-electron chi connectivity index (χ2n) is 8.55. The largest absolute Gasteiger partial charge is 0.341 e. The fraction of sp³-hybridized carbons (Fsp3) is 0.429. The maximum atomic E-state index is 12.6. The first-order chi connectivity index (χ1) is 13.2. The van der Waals surface area contributed by atoms with Gasteiger partial charge in [-0.2, -0.15) is 5.10 Å². The standard InChI is InChI=1S/C21H25N5O2/c1-21(2,3)17-9-10-18(27)26(23-17)13-14-11-25(12-14)20-22-16-8-6-5-7-15(16)19(28)24(20)4/h5-10,14H,11-13H2,1-4H3. The highest BCUT2D eigenvalue weighted by molar-refractivity contribution is 5.78. The van der Waals surface area contributed by atoms with Crippen LogP contribution < -0.4 is 16.0 Å². The quantitative estimate of drug-likeness (QED) is 0.695. The Morgan fingerprint density at radius 1 is 1.07 bits per heavy atom. The first-order valence-electron chi connectivity index (χ1n) is 9.53. The van der Waals surface area contributed by atoms with Crippen molar-refractivity contribution in [2.75, 3.05) is 18.0 Å². The minimum atomic E-state index is -0.103. The Hall–Kier alpha value is -2.96. The summed E-state index contributed by atoms with van der Waals surface area (Å²) in [5.74, 6) is 0.965. The molecule has 3 aromatic rings. The van der Waals surface area contributed by atoms with E-state index in [4.69, 9.17) is 0 Å². The van der Waals surface area contributed by atoms with Crippen molar-refractivity contribution < 1.29 is 0 Å². The third kappa shape index (κ3) is 3.21. The van der Waals surface area contributed by atoms with E-state index >= 15 is 0 Å². The highest BCUT2D eigenvalue weighted by Gasteiger charge is 2.31. The Morgan fingerprint density at radius 2 is 1.79 bits per heavy atom. The Kier molecular flexibility index (Phi) is 4.33. The van der Waals surface area contributed by atoms with Gasteiger partial charge in [-0.1, -0.05) is 32.9 Å². The molecule has 1 fully saturated rings. The van der Waals surface area contributed by atoms with Crippen LogP contribution >= 0.6 is 0 Å². The number of para-hydroxylation sites is 1. The summed E-state index contributed by atoms with van der Waals surface area (Å²) in [6.07, 6.45) is 0. The molecule has 1 saturated heterocycles. The van der Waals surface area contributed by atoms with Gasteiger partial charge in [-0.05, 0) is 18.2 Å². The molecule has 1 aromatic carbocycles. The van der Waals surface area contributed by atoms with Crippen molar-refractivity contribution in [3.8, 4) is 0 Å². The van der Waals surface area contributed by atoms with E-state index in [1.165, 1.54) is 0 Å². The minimum Gasteiger partial charge on any atom is -0.341 e. The fourth-order valence-electron chi connectivity index (χ4n) is 3.56. The lowest BCUT2D eigenvalue weighted by molar-refractivity contribution is 0.323. The van der Waals surface area contributed by atoms with E-state index in [0.29, 0.717) is 29.3 Å². The monoisotopic (exact) mass is 379 g/mol. The molecule has 0 amide bonds. The molecule has 7 nitrogen and oxygen atoms in total. The zero-order chi connectivity index (χ0) is 20.1. The summed E-state index contributed by atoms with van der Waals surface area (Å²) in [6.45, 7) is 8.31. The second-order valence-corrected chi connectivity index (χ2v) is 8.55. The predicted octanol–water partition coefficient (Wildman–Crippen LogP) is 1.92. The van der Waals surface area contributed by atoms with Crippen LogP contribution in [0.25, 0.3) is 10.9 Å². The summed E-state index contributed by atoms with van der Waals surface area (Å²) in [5.41, 5.74) is 1.39. The summed E-state index contributed by atoms with van der Waals surface area (Å²) >= 11 is 0. The molecular weight excluding hydrogens is 354 g/mol. The molecule has 1 aliphatic rings. The number of aromatic nitrogens is 4. The van der Waals surface area contributed by atoms with Gasteiger partial charge in [-0.3, -0.25) is 14.2 Å². The number of hydrogen-bond donors (Lipinski definition) is 0. The lowest BCUT2D eigenvalue weighted by Gasteiger charge is -2.40. The number of benzene rings is 1. The lowest BCUT2D eigenvalue weighted by Crippen LogP contribution is -2.51. The van der Waals surface area contributed by atoms with Crippen LogP contribution in [-0.4, -0.2) is 32.4 Å². The molecule has 0 spiro atoms. The van der Waals surface area contributed by atoms with Gasteiger partial charge in [0.2, 0.25) is 5.95 Å². The van der Waals surface area contributed by atoms with E-state index in [2.05, 4.69) is 35.8 Å². The van der Waals surface area contributed by atoms with Gasteiger partial charge < -0.3 is 4.90 Å². The second kappa shape index (κ2) is 6.58. The molecule has 2 aromatic heterocycles. The van der Waals surface area contributed by atoms with Gasteiger partial charge in [0.1, 0.15) is 0 Å². The Labute approximate surface area is 163 Å². The molecule has 0 atom stereocenters. The van der Waals surface area contributed by atoms with Gasteiger partial charge in [-0.15, -0.1) is 0 Å². The van der Waals surface area contributed by atoms with Crippen LogP contribution in [0.15, 0.2) is 46.0 Å². The Balaban J connectivity index is 1.53. The summed E-state index contributed by atoms with van der Waals surface area (Å²) in [6, 6.07) is 10.8. The van der Waals surface area contributed by atoms with Gasteiger partial charge in [0, 0.05) is 37.5 Å². The van der Waals surface area contributed by atoms with Crippen molar-refractivity contribution in [1.29, 1.82) is 0 Å². The average molecular weight is 379 g/mol. The third-order valence-electron chi connectivity index (χ3n) is 5.27. The van der Waals surface area contributed by atoms with E-state index < -0.39 is 0 Å². The van der Waals surface area contributed by atoms with Crippen molar-refractivity contribution in [2.24, 2.45) is 13.0 Å². The van der Waals surface area contributed by atoms with E-state index in [1.54, 1.807) is 34.5 Å². The van der Waals surface area contributed by atoms with Crippen LogP contribution in [0.4, 0.5) is 5.95 Å². The van der Waals surface area contributed by atoms with Crippen LogP contribution in [0.1, 0.15) is 26.5 Å². The van der Waals surface area contributed by atoms with E-state index in [1.807, 2.05) is 18.2 Å². The normalized spacial score (nSPS) is 15.1. The first-order valence-corrected chi connectivity index (χ1v) is 9.53. The van der Waals surface area contributed by atoms with E-state index in [9.17, 15) is 9.59 Å². The number of anilines is 1. The first kappa shape index (κ1) is 18.4. The van der Waals surface area contributed by atoms with Gasteiger partial charge >= 0.3 is 0 Å². The van der Waals surface area contributed by atoms with Crippen LogP contribution in [0.3, 0.4) is 0 Å². The molecule has 0 N–H and O–H groups in total. The van der Waals surface area contributed by atoms with E-state index in [-0.39, 0.29) is 16.5 Å². The summed E-state index contributed by atoms with van der Waals surface area (Å²) in [5, 5.41) is 5.18. The SMILES string of the molecule is Cn1c(N2CC(Cn3nc(C(C)(C)C)ccc3=O)C2)nc2ccccc2c1=O. The molecule has 0 unspecified atom stereocenters. The molecule has 146 valence electrons. The molecular formula is C21H25N5O2. The lowest BCUT2D eigenvalue weighted by atomic mass is 9.92. The highest BCUT2D eigenvalue weighted by Crippen LogP contribution is 2.24. The molecule has 3 heterocycles. The molecule has 0 saturated carbocycles. The Bertz CT molecular complexity index is 1150. The van der Waals surface area contributed by atoms with Crippen LogP contribution in [0.2, 0.25) is 0 Å². The van der Waals surface area contributed by atoms with Gasteiger partial charge in [0.05, 0.1) is 23.1 Å². The van der Waals surface area contributed by atoms with Crippen molar-refractivity contribution in [1.82, 2.24) is 19.3 Å². The maximum Gasteiger partial charge on any atom is 0.266 e. The average Bonchev–Trinajstić information content (AvgIpc) is 2.61. The smallest absolute Gasteiger partial charge is 0.266 e. The summed E-state index contributed by atoms with van der Waals surface area (Å²) < 4.78 is 3.17. The molecule has 0 aliphatic carbocycles. The number of nitrogens with zero attached hydrogens (tertiary/aromatic N) is 5. The zero-order valence-corrected chi connectivity index (χ0v) is 16.7. The van der Waals surface area contributed by atoms with Crippen molar-refractivity contribution in [3.05, 3.63) is 62.8 Å². The predicted molar refractivity (Wildman–Crippen MR) is 110 cm³/mol. The number of rotatable bonds is 3. The van der Waals surface area contributed by atoms with Gasteiger partial charge in [0.15, 0.2) is 0 Å². The zero-order valence-electron chi connectivity index (χ0n) is 16.7. The minimum absolute atomic E-state index is 0.0418. The van der Waals surface area contributed by atoms with Gasteiger partial charge in [-0.25, -0.2) is 9.67 Å². The molecule has 0 radical (unpaired) electrons. The molecule has 1 aliphatic heterocycles. The number of fused-ring (bicyclic) bond motifs is 1. The molecule has 7 heteroatoms. The molecule has 0 bridgehead atoms. The van der Waals surface area contributed by atoms with Crippen LogP contribution in [-0.2, 0) is 19.0 Å². The van der Waals surface area contributed by atoms with Crippen molar-refractivity contribution >= 4 is 16.9 Å². The van der Waals surface area contributed by atoms with Crippen molar-refractivity contribution in [3.63, 3.8) is 0 Å². The fourth-order valence-corrected chi connectivity index (χ4v) is 3.56. The summed E-state index contributed by atoms with van der Waals surface area (Å²) in [7, 11) is 1.75. The number of hydrogen-bond acceptors (Lipinski definition) is 5. The Morgan fingerprint density at radius 3 is 2.50 bits per heavy atom.